The fourth-order valence-electron chi connectivity index (χ4n) is 1.97. The van der Waals surface area contributed by atoms with Gasteiger partial charge in [-0.1, -0.05) is 39.0 Å². The van der Waals surface area contributed by atoms with Gasteiger partial charge in [-0.15, -0.1) is 11.6 Å². The van der Waals surface area contributed by atoms with Crippen LogP contribution >= 0.6 is 11.6 Å². The Bertz CT molecular complexity index is 248. The van der Waals surface area contributed by atoms with Gasteiger partial charge >= 0.3 is 0 Å². The largest absolute Gasteiger partial charge is 0.299 e. The number of likely N-dealkylation sites (tertiary alicyclic amines) is 1. The zero-order valence-corrected chi connectivity index (χ0v) is 13.5. The molecule has 0 aliphatic carbocycles. The van der Waals surface area contributed by atoms with Crippen LogP contribution in [0, 0.1) is 5.92 Å². The van der Waals surface area contributed by atoms with Crippen LogP contribution in [0.2, 0.25) is 0 Å². The fraction of sp³-hybridized carbons (Fsp3) is 0.750. The highest BCUT2D eigenvalue weighted by atomic mass is 35.5. The average Bonchev–Trinajstić information content (AvgIpc) is 2.39. The third-order valence-electron chi connectivity index (χ3n) is 3.23. The van der Waals surface area contributed by atoms with Gasteiger partial charge in [-0.2, -0.15) is 0 Å². The van der Waals surface area contributed by atoms with Crippen molar-refractivity contribution in [1.29, 1.82) is 0 Å². The molecule has 0 radical (unpaired) electrons. The van der Waals surface area contributed by atoms with Gasteiger partial charge in [0.2, 0.25) is 0 Å². The lowest BCUT2D eigenvalue weighted by Crippen LogP contribution is -2.34. The lowest BCUT2D eigenvalue weighted by molar-refractivity contribution is 0.207. The van der Waals surface area contributed by atoms with Crippen LogP contribution in [0.3, 0.4) is 0 Å². The zero-order valence-electron chi connectivity index (χ0n) is 12.7. The molecule has 18 heavy (non-hydrogen) atoms. The molecule has 0 aromatic rings. The normalized spacial score (nSPS) is 20.7. The predicted molar refractivity (Wildman–Crippen MR) is 84.4 cm³/mol. The van der Waals surface area contributed by atoms with E-state index >= 15 is 0 Å². The van der Waals surface area contributed by atoms with E-state index in [9.17, 15) is 0 Å². The first-order valence-corrected chi connectivity index (χ1v) is 7.75. The summed E-state index contributed by atoms with van der Waals surface area (Å²) in [5.74, 6) is 0.906. The molecule has 0 N–H and O–H groups in total. The van der Waals surface area contributed by atoms with Gasteiger partial charge in [-0.05, 0) is 51.3 Å². The molecule has 1 atom stereocenters. The summed E-state index contributed by atoms with van der Waals surface area (Å²) in [5.41, 5.74) is 1.38. The number of allylic oxidation sites excluding steroid dienone is 2. The molecule has 0 spiro atoms. The van der Waals surface area contributed by atoms with E-state index in [2.05, 4.69) is 37.0 Å². The van der Waals surface area contributed by atoms with Gasteiger partial charge in [-0.25, -0.2) is 0 Å². The molecule has 0 bridgehead atoms. The van der Waals surface area contributed by atoms with E-state index in [1.54, 1.807) is 0 Å². The summed E-state index contributed by atoms with van der Waals surface area (Å²) in [6.07, 6.45) is 9.09. The lowest BCUT2D eigenvalue weighted by Gasteiger charge is -2.30. The number of alkyl halides is 1. The molecular weight excluding hydrogens is 242 g/mol. The van der Waals surface area contributed by atoms with E-state index < -0.39 is 0 Å². The molecule has 1 saturated heterocycles. The summed E-state index contributed by atoms with van der Waals surface area (Å²) in [6.45, 7) is 14.0. The number of nitrogens with zero attached hydrogens (tertiary/aromatic N) is 1. The van der Waals surface area contributed by atoms with Crippen LogP contribution in [-0.4, -0.2) is 29.9 Å². The number of rotatable bonds is 4. The summed E-state index contributed by atoms with van der Waals surface area (Å²) >= 11 is 5.91. The molecule has 1 aliphatic heterocycles. The van der Waals surface area contributed by atoms with Crippen LogP contribution in [0.4, 0.5) is 0 Å². The van der Waals surface area contributed by atoms with Crippen molar-refractivity contribution in [2.75, 3.05) is 19.6 Å². The molecule has 2 heteroatoms. The highest BCUT2D eigenvalue weighted by Crippen LogP contribution is 2.17. The van der Waals surface area contributed by atoms with Crippen LogP contribution in [0.25, 0.3) is 0 Å². The van der Waals surface area contributed by atoms with Crippen LogP contribution in [0.1, 0.15) is 47.5 Å². The van der Waals surface area contributed by atoms with Gasteiger partial charge in [0.15, 0.2) is 0 Å². The van der Waals surface area contributed by atoms with E-state index in [1.165, 1.54) is 31.5 Å². The molecule has 0 aromatic carbocycles. The Kier molecular flexibility index (Phi) is 10.5. The van der Waals surface area contributed by atoms with Crippen LogP contribution < -0.4 is 0 Å². The van der Waals surface area contributed by atoms with Crippen molar-refractivity contribution in [2.24, 2.45) is 5.92 Å². The summed E-state index contributed by atoms with van der Waals surface area (Å²) in [6, 6.07) is 0. The lowest BCUT2D eigenvalue weighted by atomic mass is 9.99. The maximum absolute atomic E-state index is 5.91. The minimum absolute atomic E-state index is 0.122. The maximum Gasteiger partial charge on any atom is 0.0490 e. The Morgan fingerprint density at radius 3 is 2.33 bits per heavy atom. The first kappa shape index (κ1) is 17.7. The SMILES string of the molecule is C/C=C(\C=C/C(C)Cl)CN1CCC(C)CC1.CC. The number of hydrogen-bond acceptors (Lipinski definition) is 1. The Morgan fingerprint density at radius 1 is 1.33 bits per heavy atom. The monoisotopic (exact) mass is 271 g/mol. The number of piperidine rings is 1. The van der Waals surface area contributed by atoms with Gasteiger partial charge < -0.3 is 0 Å². The third kappa shape index (κ3) is 7.94. The quantitative estimate of drug-likeness (QED) is 0.521. The van der Waals surface area contributed by atoms with Crippen LogP contribution in [0.5, 0.6) is 0 Å². The summed E-state index contributed by atoms with van der Waals surface area (Å²) in [7, 11) is 0. The van der Waals surface area contributed by atoms with Gasteiger partial charge in [-0.3, -0.25) is 4.90 Å². The Labute approximate surface area is 119 Å². The Balaban J connectivity index is 0.00000137. The number of hydrogen-bond donors (Lipinski definition) is 0. The molecule has 1 fully saturated rings. The first-order chi connectivity index (χ1) is 8.61. The molecule has 1 aliphatic rings. The summed E-state index contributed by atoms with van der Waals surface area (Å²) in [5, 5.41) is 0.122. The van der Waals surface area contributed by atoms with Crippen molar-refractivity contribution >= 4 is 11.6 Å². The highest BCUT2D eigenvalue weighted by Gasteiger charge is 2.15. The van der Waals surface area contributed by atoms with Crippen molar-refractivity contribution in [3.05, 3.63) is 23.8 Å². The molecule has 1 nitrogen and oxygen atoms in total. The van der Waals surface area contributed by atoms with Gasteiger partial charge in [0.05, 0.1) is 0 Å². The van der Waals surface area contributed by atoms with Gasteiger partial charge in [0, 0.05) is 11.9 Å². The molecule has 1 rings (SSSR count). The molecule has 1 unspecified atom stereocenters. The Hall–Kier alpha value is -0.270. The van der Waals surface area contributed by atoms with Crippen molar-refractivity contribution in [3.63, 3.8) is 0 Å². The standard InChI is InChI=1S/C14H24ClN.C2H6/c1-4-14(6-5-13(3)15)11-16-9-7-12(2)8-10-16;1-2/h4-6,12-13H,7-11H2,1-3H3;1-2H3/b6-5-,14-4+;. The van der Waals surface area contributed by atoms with E-state index in [1.807, 2.05) is 20.8 Å². The smallest absolute Gasteiger partial charge is 0.0490 e. The van der Waals surface area contributed by atoms with E-state index in [-0.39, 0.29) is 5.38 Å². The molecule has 106 valence electrons. The fourth-order valence-corrected chi connectivity index (χ4v) is 2.05. The molecule has 0 saturated carbocycles. The summed E-state index contributed by atoms with van der Waals surface area (Å²) < 4.78 is 0. The van der Waals surface area contributed by atoms with Gasteiger partial charge in [0.1, 0.15) is 0 Å². The van der Waals surface area contributed by atoms with Gasteiger partial charge in [0.25, 0.3) is 0 Å². The average molecular weight is 272 g/mol. The van der Waals surface area contributed by atoms with Crippen molar-refractivity contribution < 1.29 is 0 Å². The maximum atomic E-state index is 5.91. The second kappa shape index (κ2) is 10.6. The minimum Gasteiger partial charge on any atom is -0.299 e. The van der Waals surface area contributed by atoms with Crippen LogP contribution in [0.15, 0.2) is 23.8 Å². The third-order valence-corrected chi connectivity index (χ3v) is 3.37. The van der Waals surface area contributed by atoms with Crippen molar-refractivity contribution in [2.45, 2.75) is 52.8 Å². The Morgan fingerprint density at radius 2 is 1.89 bits per heavy atom. The minimum atomic E-state index is 0.122. The summed E-state index contributed by atoms with van der Waals surface area (Å²) in [4.78, 5) is 2.54. The topological polar surface area (TPSA) is 3.24 Å². The van der Waals surface area contributed by atoms with E-state index in [4.69, 9.17) is 11.6 Å². The highest BCUT2D eigenvalue weighted by molar-refractivity contribution is 6.21. The van der Waals surface area contributed by atoms with E-state index in [0.717, 1.165) is 12.5 Å². The van der Waals surface area contributed by atoms with E-state index in [0.29, 0.717) is 0 Å². The molecule has 0 aromatic heterocycles. The number of halogens is 1. The second-order valence-corrected chi connectivity index (χ2v) is 5.55. The zero-order chi connectivity index (χ0) is 14.0. The predicted octanol–water partition coefficient (Wildman–Crippen LogP) is 4.87. The van der Waals surface area contributed by atoms with Crippen LogP contribution in [-0.2, 0) is 0 Å². The molecule has 1 heterocycles. The molecule has 0 amide bonds. The second-order valence-electron chi connectivity index (χ2n) is 4.86. The first-order valence-electron chi connectivity index (χ1n) is 7.31. The van der Waals surface area contributed by atoms with Crippen molar-refractivity contribution in [1.82, 2.24) is 4.90 Å². The molecular formula is C16H30ClN. The van der Waals surface area contributed by atoms with Crippen molar-refractivity contribution in [3.8, 4) is 0 Å².